The zero-order valence-corrected chi connectivity index (χ0v) is 12.5. The third kappa shape index (κ3) is 3.47. The molecule has 4 heteroatoms. The van der Waals surface area contributed by atoms with Crippen molar-refractivity contribution >= 4 is 5.82 Å². The van der Waals surface area contributed by atoms with Crippen LogP contribution >= 0.6 is 0 Å². The van der Waals surface area contributed by atoms with Crippen molar-refractivity contribution in [1.29, 1.82) is 0 Å². The van der Waals surface area contributed by atoms with E-state index in [1.807, 2.05) is 13.1 Å². The summed E-state index contributed by atoms with van der Waals surface area (Å²) in [5, 5.41) is 2.94. The molecule has 2 aromatic rings. The largest absolute Gasteiger partial charge is 0.487 e. The molecule has 1 heterocycles. The summed E-state index contributed by atoms with van der Waals surface area (Å²) < 4.78 is 5.76. The molecule has 0 bridgehead atoms. The third-order valence-electron chi connectivity index (χ3n) is 3.21. The highest BCUT2D eigenvalue weighted by Gasteiger charge is 2.05. The molecule has 0 saturated carbocycles. The first-order valence-corrected chi connectivity index (χ1v) is 6.82. The summed E-state index contributed by atoms with van der Waals surface area (Å²) in [5.74, 6) is 2.15. The van der Waals surface area contributed by atoms with Crippen molar-refractivity contribution in [2.45, 2.75) is 33.3 Å². The fraction of sp³-hybridized carbons (Fsp3) is 0.375. The van der Waals surface area contributed by atoms with Crippen LogP contribution < -0.4 is 10.1 Å². The van der Waals surface area contributed by atoms with Crippen LogP contribution in [0.5, 0.6) is 5.75 Å². The third-order valence-corrected chi connectivity index (χ3v) is 3.21. The van der Waals surface area contributed by atoms with E-state index in [9.17, 15) is 0 Å². The topological polar surface area (TPSA) is 47.0 Å². The van der Waals surface area contributed by atoms with Crippen LogP contribution in [0.1, 0.15) is 36.6 Å². The number of hydrogen-bond acceptors (Lipinski definition) is 4. The van der Waals surface area contributed by atoms with Gasteiger partial charge in [0.05, 0.1) is 18.1 Å². The maximum atomic E-state index is 5.76. The molecule has 0 aliphatic carbocycles. The Labute approximate surface area is 120 Å². The first-order valence-electron chi connectivity index (χ1n) is 6.82. The predicted molar refractivity (Wildman–Crippen MR) is 81.2 cm³/mol. The summed E-state index contributed by atoms with van der Waals surface area (Å²) in [6.07, 6.45) is 3.42. The number of hydrogen-bond donors (Lipinski definition) is 1. The molecular formula is C16H21N3O. The molecule has 0 spiro atoms. The molecular weight excluding hydrogens is 250 g/mol. The van der Waals surface area contributed by atoms with Crippen LogP contribution in [0.2, 0.25) is 0 Å². The lowest BCUT2D eigenvalue weighted by Crippen LogP contribution is -2.01. The molecule has 0 radical (unpaired) electrons. The van der Waals surface area contributed by atoms with Crippen molar-refractivity contribution in [1.82, 2.24) is 9.97 Å². The van der Waals surface area contributed by atoms with E-state index in [-0.39, 0.29) is 0 Å². The van der Waals surface area contributed by atoms with E-state index < -0.39 is 0 Å². The molecule has 2 rings (SSSR count). The Balaban J connectivity index is 2.01. The number of nitrogens with zero attached hydrogens (tertiary/aromatic N) is 2. The van der Waals surface area contributed by atoms with Crippen molar-refractivity contribution < 1.29 is 4.74 Å². The van der Waals surface area contributed by atoms with E-state index in [0.717, 1.165) is 17.3 Å². The van der Waals surface area contributed by atoms with Gasteiger partial charge >= 0.3 is 0 Å². The Hall–Kier alpha value is -2.10. The van der Waals surface area contributed by atoms with E-state index in [0.29, 0.717) is 12.5 Å². The van der Waals surface area contributed by atoms with Gasteiger partial charge in [-0.1, -0.05) is 19.9 Å². The number of nitrogens with one attached hydrogen (secondary N) is 1. The minimum absolute atomic E-state index is 0.428. The standard InChI is InChI=1S/C16H21N3O/c1-11(2)15-6-5-14(7-12(15)3)20-10-13-8-19-16(17-4)9-18-13/h5-9,11H,10H2,1-4H3,(H,17,19). The van der Waals surface area contributed by atoms with Crippen LogP contribution in [-0.4, -0.2) is 17.0 Å². The minimum Gasteiger partial charge on any atom is -0.487 e. The zero-order valence-electron chi connectivity index (χ0n) is 12.5. The first kappa shape index (κ1) is 14.3. The molecule has 20 heavy (non-hydrogen) atoms. The molecule has 1 aromatic carbocycles. The lowest BCUT2D eigenvalue weighted by Gasteiger charge is -2.12. The SMILES string of the molecule is CNc1cnc(COc2ccc(C(C)C)c(C)c2)cn1. The van der Waals surface area contributed by atoms with E-state index >= 15 is 0 Å². The second-order valence-corrected chi connectivity index (χ2v) is 5.10. The normalized spacial score (nSPS) is 10.7. The van der Waals surface area contributed by atoms with Gasteiger partial charge in [-0.15, -0.1) is 0 Å². The Morgan fingerprint density at radius 3 is 2.55 bits per heavy atom. The fourth-order valence-corrected chi connectivity index (χ4v) is 2.10. The lowest BCUT2D eigenvalue weighted by molar-refractivity contribution is 0.300. The molecule has 1 aromatic heterocycles. The van der Waals surface area contributed by atoms with Gasteiger partial charge in [0.1, 0.15) is 18.2 Å². The van der Waals surface area contributed by atoms with Gasteiger partial charge in [-0.05, 0) is 36.1 Å². The molecule has 0 amide bonds. The van der Waals surface area contributed by atoms with E-state index in [1.54, 1.807) is 12.4 Å². The highest BCUT2D eigenvalue weighted by Crippen LogP contribution is 2.23. The quantitative estimate of drug-likeness (QED) is 0.903. The van der Waals surface area contributed by atoms with Gasteiger partial charge in [0, 0.05) is 7.05 Å². The van der Waals surface area contributed by atoms with Gasteiger partial charge < -0.3 is 10.1 Å². The van der Waals surface area contributed by atoms with E-state index in [1.165, 1.54) is 11.1 Å². The number of benzene rings is 1. The summed E-state index contributed by atoms with van der Waals surface area (Å²) >= 11 is 0. The maximum absolute atomic E-state index is 5.76. The molecule has 0 aliphatic rings. The average molecular weight is 271 g/mol. The second-order valence-electron chi connectivity index (χ2n) is 5.10. The number of anilines is 1. The van der Waals surface area contributed by atoms with Crippen LogP contribution in [0.15, 0.2) is 30.6 Å². The van der Waals surface area contributed by atoms with Crippen molar-refractivity contribution in [3.63, 3.8) is 0 Å². The monoisotopic (exact) mass is 271 g/mol. The molecule has 1 N–H and O–H groups in total. The summed E-state index contributed by atoms with van der Waals surface area (Å²) in [4.78, 5) is 8.49. The second kappa shape index (κ2) is 6.37. The lowest BCUT2D eigenvalue weighted by atomic mass is 9.98. The minimum atomic E-state index is 0.428. The maximum Gasteiger partial charge on any atom is 0.144 e. The number of ether oxygens (including phenoxy) is 1. The fourth-order valence-electron chi connectivity index (χ4n) is 2.10. The molecule has 4 nitrogen and oxygen atoms in total. The van der Waals surface area contributed by atoms with Gasteiger partial charge in [-0.3, -0.25) is 4.98 Å². The van der Waals surface area contributed by atoms with Crippen molar-refractivity contribution in [2.75, 3.05) is 12.4 Å². The highest BCUT2D eigenvalue weighted by atomic mass is 16.5. The van der Waals surface area contributed by atoms with Crippen LogP contribution in [0.25, 0.3) is 0 Å². The molecule has 0 aliphatic heterocycles. The van der Waals surface area contributed by atoms with Crippen LogP contribution in [0.4, 0.5) is 5.82 Å². The number of aryl methyl sites for hydroxylation is 1. The first-order chi connectivity index (χ1) is 9.60. The van der Waals surface area contributed by atoms with Crippen molar-refractivity contribution in [2.24, 2.45) is 0 Å². The predicted octanol–water partition coefficient (Wildman–Crippen LogP) is 3.53. The summed E-state index contributed by atoms with van der Waals surface area (Å²) in [5.41, 5.74) is 3.43. The van der Waals surface area contributed by atoms with Gasteiger partial charge in [0.15, 0.2) is 0 Å². The molecule has 0 unspecified atom stereocenters. The van der Waals surface area contributed by atoms with Gasteiger partial charge in [-0.25, -0.2) is 4.98 Å². The van der Waals surface area contributed by atoms with Gasteiger partial charge in [0.2, 0.25) is 0 Å². The Bertz CT molecular complexity index is 564. The van der Waals surface area contributed by atoms with Crippen molar-refractivity contribution in [3.8, 4) is 5.75 Å². The van der Waals surface area contributed by atoms with Crippen LogP contribution in [0.3, 0.4) is 0 Å². The highest BCUT2D eigenvalue weighted by molar-refractivity contribution is 5.36. The summed E-state index contributed by atoms with van der Waals surface area (Å²) in [6, 6.07) is 6.22. The van der Waals surface area contributed by atoms with Gasteiger partial charge in [0.25, 0.3) is 0 Å². The summed E-state index contributed by atoms with van der Waals surface area (Å²) in [6.45, 7) is 6.94. The average Bonchev–Trinajstić information content (AvgIpc) is 2.45. The number of rotatable bonds is 5. The van der Waals surface area contributed by atoms with Crippen molar-refractivity contribution in [3.05, 3.63) is 47.4 Å². The molecule has 0 saturated heterocycles. The molecule has 0 fully saturated rings. The summed E-state index contributed by atoms with van der Waals surface area (Å²) in [7, 11) is 1.82. The van der Waals surface area contributed by atoms with E-state index in [2.05, 4.69) is 48.2 Å². The Kier molecular flexibility index (Phi) is 4.56. The molecule has 0 atom stereocenters. The van der Waals surface area contributed by atoms with E-state index in [4.69, 9.17) is 4.74 Å². The smallest absolute Gasteiger partial charge is 0.144 e. The van der Waals surface area contributed by atoms with Crippen LogP contribution in [0, 0.1) is 6.92 Å². The molecule has 106 valence electrons. The Morgan fingerprint density at radius 2 is 2.00 bits per heavy atom. The van der Waals surface area contributed by atoms with Gasteiger partial charge in [-0.2, -0.15) is 0 Å². The zero-order chi connectivity index (χ0) is 14.5. The van der Waals surface area contributed by atoms with Crippen LogP contribution in [-0.2, 0) is 6.61 Å². The number of aromatic nitrogens is 2. The Morgan fingerprint density at radius 1 is 1.20 bits per heavy atom.